The Kier molecular flexibility index (Phi) is 6.34. The van der Waals surface area contributed by atoms with Crippen molar-refractivity contribution >= 4 is 23.2 Å². The standard InChI is InChI=1S/C21H28FN3O3/c1-4-20(26)24-7-5-16(6-8-24)21(27)23-18-9-17(22)10-19(11-18)25-12-14(2)28-15(3)13-25/h4,9-11,14-16H,1,5-8,12-13H2,2-3H3,(H,23,27)/t14-,15+. The van der Waals surface area contributed by atoms with Gasteiger partial charge >= 0.3 is 0 Å². The summed E-state index contributed by atoms with van der Waals surface area (Å²) in [7, 11) is 0. The molecule has 6 nitrogen and oxygen atoms in total. The van der Waals surface area contributed by atoms with Crippen LogP contribution in [0.15, 0.2) is 30.9 Å². The fraction of sp³-hybridized carbons (Fsp3) is 0.524. The van der Waals surface area contributed by atoms with Crippen LogP contribution >= 0.6 is 0 Å². The fourth-order valence-electron chi connectivity index (χ4n) is 3.95. The van der Waals surface area contributed by atoms with E-state index in [2.05, 4.69) is 16.8 Å². The molecule has 0 bridgehead atoms. The SMILES string of the molecule is C=CC(=O)N1CCC(C(=O)Nc2cc(F)cc(N3C[C@@H](C)O[C@@H](C)C3)c2)CC1. The number of carbonyl (C=O) groups excluding carboxylic acids is 2. The first-order valence-corrected chi connectivity index (χ1v) is 9.79. The zero-order valence-electron chi connectivity index (χ0n) is 16.5. The Hall–Kier alpha value is -2.41. The summed E-state index contributed by atoms with van der Waals surface area (Å²) in [5.41, 5.74) is 1.19. The van der Waals surface area contributed by atoms with Crippen molar-refractivity contribution in [2.24, 2.45) is 5.92 Å². The van der Waals surface area contributed by atoms with Crippen LogP contribution in [0.25, 0.3) is 0 Å². The van der Waals surface area contributed by atoms with E-state index in [0.29, 0.717) is 44.7 Å². The normalized spacial score (nSPS) is 23.4. The van der Waals surface area contributed by atoms with E-state index in [4.69, 9.17) is 4.74 Å². The molecule has 2 heterocycles. The second-order valence-electron chi connectivity index (χ2n) is 7.65. The van der Waals surface area contributed by atoms with Crippen molar-refractivity contribution in [3.05, 3.63) is 36.7 Å². The third-order valence-electron chi connectivity index (χ3n) is 5.29. The molecule has 0 aliphatic carbocycles. The minimum Gasteiger partial charge on any atom is -0.372 e. The highest BCUT2D eigenvalue weighted by molar-refractivity contribution is 5.93. The van der Waals surface area contributed by atoms with E-state index in [1.807, 2.05) is 19.9 Å². The monoisotopic (exact) mass is 389 g/mol. The number of hydrogen-bond acceptors (Lipinski definition) is 4. The van der Waals surface area contributed by atoms with Gasteiger partial charge in [0, 0.05) is 43.5 Å². The number of amides is 2. The van der Waals surface area contributed by atoms with Gasteiger partial charge in [0.2, 0.25) is 11.8 Å². The third-order valence-corrected chi connectivity index (χ3v) is 5.29. The van der Waals surface area contributed by atoms with Crippen molar-refractivity contribution in [2.75, 3.05) is 36.4 Å². The average molecular weight is 389 g/mol. The number of piperidine rings is 1. The van der Waals surface area contributed by atoms with Gasteiger partial charge in [-0.3, -0.25) is 9.59 Å². The Balaban J connectivity index is 1.64. The second-order valence-corrected chi connectivity index (χ2v) is 7.65. The smallest absolute Gasteiger partial charge is 0.245 e. The minimum atomic E-state index is -0.383. The van der Waals surface area contributed by atoms with Crippen molar-refractivity contribution in [2.45, 2.75) is 38.9 Å². The van der Waals surface area contributed by atoms with E-state index >= 15 is 0 Å². The number of halogens is 1. The highest BCUT2D eigenvalue weighted by atomic mass is 19.1. The van der Waals surface area contributed by atoms with Gasteiger partial charge in [0.05, 0.1) is 12.2 Å². The number of ether oxygens (including phenoxy) is 1. The van der Waals surface area contributed by atoms with Gasteiger partial charge in [-0.1, -0.05) is 6.58 Å². The summed E-state index contributed by atoms with van der Waals surface area (Å²) in [5.74, 6) is -0.816. The van der Waals surface area contributed by atoms with Gasteiger partial charge in [0.25, 0.3) is 0 Å². The summed E-state index contributed by atoms with van der Waals surface area (Å²) in [5, 5.41) is 2.85. The summed E-state index contributed by atoms with van der Waals surface area (Å²) >= 11 is 0. The van der Waals surface area contributed by atoms with Crippen LogP contribution in [-0.4, -0.2) is 55.1 Å². The Morgan fingerprint density at radius 2 is 1.82 bits per heavy atom. The summed E-state index contributed by atoms with van der Waals surface area (Å²) < 4.78 is 19.9. The fourth-order valence-corrected chi connectivity index (χ4v) is 3.95. The number of carbonyl (C=O) groups is 2. The van der Waals surface area contributed by atoms with E-state index in [9.17, 15) is 14.0 Å². The molecule has 2 aliphatic heterocycles. The number of morpholine rings is 1. The molecule has 2 fully saturated rings. The molecule has 28 heavy (non-hydrogen) atoms. The molecule has 3 rings (SSSR count). The number of nitrogens with zero attached hydrogens (tertiary/aromatic N) is 2. The molecule has 1 aromatic carbocycles. The predicted octanol–water partition coefficient (Wildman–Crippen LogP) is 2.80. The lowest BCUT2D eigenvalue weighted by Gasteiger charge is -2.37. The van der Waals surface area contributed by atoms with Gasteiger partial charge in [-0.25, -0.2) is 4.39 Å². The van der Waals surface area contributed by atoms with Crippen molar-refractivity contribution in [1.82, 2.24) is 4.90 Å². The maximum absolute atomic E-state index is 14.2. The molecule has 2 aliphatic rings. The van der Waals surface area contributed by atoms with Crippen LogP contribution in [-0.2, 0) is 14.3 Å². The summed E-state index contributed by atoms with van der Waals surface area (Å²) in [6, 6.07) is 4.63. The van der Waals surface area contributed by atoms with Gasteiger partial charge < -0.3 is 19.9 Å². The number of anilines is 2. The number of nitrogens with one attached hydrogen (secondary N) is 1. The Morgan fingerprint density at radius 1 is 1.18 bits per heavy atom. The number of rotatable bonds is 4. The predicted molar refractivity (Wildman–Crippen MR) is 107 cm³/mol. The average Bonchev–Trinajstić information content (AvgIpc) is 2.66. The molecule has 0 radical (unpaired) electrons. The Labute approximate surface area is 165 Å². The first kappa shape index (κ1) is 20.3. The van der Waals surface area contributed by atoms with E-state index in [1.165, 1.54) is 18.2 Å². The number of benzene rings is 1. The van der Waals surface area contributed by atoms with Gasteiger partial charge in [0.1, 0.15) is 5.82 Å². The van der Waals surface area contributed by atoms with Crippen molar-refractivity contribution in [1.29, 1.82) is 0 Å². The number of hydrogen-bond donors (Lipinski definition) is 1. The van der Waals surface area contributed by atoms with Crippen LogP contribution in [0, 0.1) is 11.7 Å². The van der Waals surface area contributed by atoms with E-state index in [1.54, 1.807) is 4.90 Å². The van der Waals surface area contributed by atoms with Crippen LogP contribution in [0.5, 0.6) is 0 Å². The molecular formula is C21H28FN3O3. The van der Waals surface area contributed by atoms with Crippen molar-refractivity contribution in [3.8, 4) is 0 Å². The van der Waals surface area contributed by atoms with Gasteiger partial charge in [-0.2, -0.15) is 0 Å². The van der Waals surface area contributed by atoms with Crippen LogP contribution in [0.4, 0.5) is 15.8 Å². The number of likely N-dealkylation sites (tertiary alicyclic amines) is 1. The lowest BCUT2D eigenvalue weighted by Crippen LogP contribution is -2.45. The summed E-state index contributed by atoms with van der Waals surface area (Å²) in [4.78, 5) is 28.1. The molecule has 0 unspecified atom stereocenters. The molecule has 152 valence electrons. The highest BCUT2D eigenvalue weighted by Crippen LogP contribution is 2.26. The van der Waals surface area contributed by atoms with Crippen LogP contribution in [0.2, 0.25) is 0 Å². The molecule has 0 spiro atoms. The van der Waals surface area contributed by atoms with Crippen molar-refractivity contribution in [3.63, 3.8) is 0 Å². The van der Waals surface area contributed by atoms with Crippen LogP contribution < -0.4 is 10.2 Å². The lowest BCUT2D eigenvalue weighted by molar-refractivity contribution is -0.130. The third kappa shape index (κ3) is 4.90. The second kappa shape index (κ2) is 8.73. The molecule has 1 aromatic rings. The van der Waals surface area contributed by atoms with Gasteiger partial charge in [-0.15, -0.1) is 0 Å². The quantitative estimate of drug-likeness (QED) is 0.805. The molecule has 2 atom stereocenters. The highest BCUT2D eigenvalue weighted by Gasteiger charge is 2.27. The molecule has 2 amide bonds. The van der Waals surface area contributed by atoms with Crippen molar-refractivity contribution < 1.29 is 18.7 Å². The van der Waals surface area contributed by atoms with E-state index in [-0.39, 0.29) is 35.8 Å². The topological polar surface area (TPSA) is 61.9 Å². The lowest BCUT2D eigenvalue weighted by atomic mass is 9.95. The maximum atomic E-state index is 14.2. The van der Waals surface area contributed by atoms with E-state index < -0.39 is 0 Å². The summed E-state index contributed by atoms with van der Waals surface area (Å²) in [6.07, 6.45) is 2.60. The maximum Gasteiger partial charge on any atom is 0.245 e. The molecular weight excluding hydrogens is 361 g/mol. The Morgan fingerprint density at radius 3 is 2.43 bits per heavy atom. The molecule has 7 heteroatoms. The molecule has 0 saturated carbocycles. The molecule has 2 saturated heterocycles. The zero-order chi connectivity index (χ0) is 20.3. The zero-order valence-corrected chi connectivity index (χ0v) is 16.5. The van der Waals surface area contributed by atoms with E-state index in [0.717, 1.165) is 5.69 Å². The minimum absolute atomic E-state index is 0.0634. The van der Waals surface area contributed by atoms with Gasteiger partial charge in [0.15, 0.2) is 0 Å². The first-order chi connectivity index (χ1) is 13.4. The van der Waals surface area contributed by atoms with Gasteiger partial charge in [-0.05, 0) is 51.0 Å². The molecule has 1 N–H and O–H groups in total. The summed E-state index contributed by atoms with van der Waals surface area (Å²) in [6.45, 7) is 9.89. The Bertz CT molecular complexity index is 736. The largest absolute Gasteiger partial charge is 0.372 e. The first-order valence-electron chi connectivity index (χ1n) is 9.79. The molecule has 0 aromatic heterocycles. The van der Waals surface area contributed by atoms with Crippen LogP contribution in [0.3, 0.4) is 0 Å². The van der Waals surface area contributed by atoms with Crippen LogP contribution in [0.1, 0.15) is 26.7 Å².